The Bertz CT molecular complexity index is 1030. The lowest BCUT2D eigenvalue weighted by Gasteiger charge is -2.11. The number of rotatable bonds is 5. The quantitative estimate of drug-likeness (QED) is 0.704. The van der Waals surface area contributed by atoms with Crippen LogP contribution in [0.25, 0.3) is 0 Å². The maximum atomic E-state index is 12.6. The molecule has 142 valence electrons. The number of benzene rings is 2. The Balaban J connectivity index is 1.70. The van der Waals surface area contributed by atoms with Crippen LogP contribution in [0.2, 0.25) is 0 Å². The lowest BCUT2D eigenvalue weighted by atomic mass is 10.1. The summed E-state index contributed by atoms with van der Waals surface area (Å²) in [7, 11) is 0. The first-order chi connectivity index (χ1) is 13.4. The molecule has 0 spiro atoms. The Labute approximate surface area is 164 Å². The van der Waals surface area contributed by atoms with Gasteiger partial charge in [0.2, 0.25) is 0 Å². The topological polar surface area (TPSA) is 71.1 Å². The summed E-state index contributed by atoms with van der Waals surface area (Å²) in [6.07, 6.45) is 2.92. The first kappa shape index (κ1) is 19.3. The highest BCUT2D eigenvalue weighted by atomic mass is 16.2. The third kappa shape index (κ3) is 4.62. The van der Waals surface area contributed by atoms with Crippen molar-refractivity contribution in [2.24, 2.45) is 0 Å². The molecule has 0 aliphatic heterocycles. The number of aromatic nitrogens is 1. The fourth-order valence-corrected chi connectivity index (χ4v) is 2.84. The summed E-state index contributed by atoms with van der Waals surface area (Å²) in [6.45, 7) is 6.32. The second kappa shape index (κ2) is 8.48. The molecular weight excluding hydrogens is 350 g/mol. The number of carbonyl (C=O) groups is 2. The van der Waals surface area contributed by atoms with Crippen LogP contribution in [-0.4, -0.2) is 16.8 Å². The van der Waals surface area contributed by atoms with Crippen LogP contribution in [0.1, 0.15) is 43.0 Å². The monoisotopic (exact) mass is 373 g/mol. The molecule has 0 atom stereocenters. The van der Waals surface area contributed by atoms with Crippen molar-refractivity contribution in [3.63, 3.8) is 0 Å². The van der Waals surface area contributed by atoms with Crippen molar-refractivity contribution in [2.75, 3.05) is 5.32 Å². The van der Waals surface area contributed by atoms with Gasteiger partial charge in [-0.3, -0.25) is 14.6 Å². The van der Waals surface area contributed by atoms with E-state index in [-0.39, 0.29) is 11.8 Å². The molecular formula is C23H23N3O2. The summed E-state index contributed by atoms with van der Waals surface area (Å²) < 4.78 is 0. The molecule has 1 aromatic heterocycles. The van der Waals surface area contributed by atoms with Crippen LogP contribution in [0, 0.1) is 20.8 Å². The molecule has 0 bridgehead atoms. The summed E-state index contributed by atoms with van der Waals surface area (Å²) in [5.41, 5.74) is 5.63. The number of hydrogen-bond acceptors (Lipinski definition) is 3. The molecule has 2 aromatic carbocycles. The Hall–Kier alpha value is -3.47. The second-order valence-electron chi connectivity index (χ2n) is 6.84. The van der Waals surface area contributed by atoms with Crippen LogP contribution in [0.5, 0.6) is 0 Å². The number of anilines is 1. The normalized spacial score (nSPS) is 10.4. The average molecular weight is 373 g/mol. The number of pyridine rings is 1. The molecule has 3 aromatic rings. The van der Waals surface area contributed by atoms with Gasteiger partial charge in [0, 0.05) is 24.6 Å². The van der Waals surface area contributed by atoms with Gasteiger partial charge >= 0.3 is 0 Å². The molecule has 2 N–H and O–H groups in total. The molecule has 0 aliphatic rings. The Morgan fingerprint density at radius 2 is 1.57 bits per heavy atom. The molecule has 0 saturated heterocycles. The Kier molecular flexibility index (Phi) is 5.84. The molecule has 28 heavy (non-hydrogen) atoms. The summed E-state index contributed by atoms with van der Waals surface area (Å²) in [5.74, 6) is -0.563. The van der Waals surface area contributed by atoms with Gasteiger partial charge in [0.25, 0.3) is 11.8 Å². The maximum Gasteiger partial charge on any atom is 0.257 e. The van der Waals surface area contributed by atoms with Crippen molar-refractivity contribution in [2.45, 2.75) is 27.3 Å². The van der Waals surface area contributed by atoms with Gasteiger partial charge in [0.15, 0.2) is 0 Å². The van der Waals surface area contributed by atoms with E-state index in [1.54, 1.807) is 6.07 Å². The summed E-state index contributed by atoms with van der Waals surface area (Å²) in [5, 5.41) is 5.77. The molecule has 2 amide bonds. The van der Waals surface area contributed by atoms with E-state index in [0.717, 1.165) is 27.9 Å². The van der Waals surface area contributed by atoms with Gasteiger partial charge in [-0.25, -0.2) is 0 Å². The number of amides is 2. The highest BCUT2D eigenvalue weighted by molar-refractivity contribution is 6.06. The van der Waals surface area contributed by atoms with E-state index in [2.05, 4.69) is 15.6 Å². The van der Waals surface area contributed by atoms with Gasteiger partial charge in [0.05, 0.1) is 11.1 Å². The molecule has 0 fully saturated rings. The van der Waals surface area contributed by atoms with E-state index in [4.69, 9.17) is 0 Å². The highest BCUT2D eigenvalue weighted by Gasteiger charge is 2.13. The lowest BCUT2D eigenvalue weighted by molar-refractivity contribution is 0.0950. The smallest absolute Gasteiger partial charge is 0.257 e. The predicted octanol–water partition coefficient (Wildman–Crippen LogP) is 4.19. The number of aryl methyl sites for hydroxylation is 3. The molecule has 0 radical (unpaired) electrons. The van der Waals surface area contributed by atoms with Crippen molar-refractivity contribution < 1.29 is 9.59 Å². The van der Waals surface area contributed by atoms with E-state index in [1.165, 1.54) is 12.4 Å². The van der Waals surface area contributed by atoms with Gasteiger partial charge in [-0.05, 0) is 55.2 Å². The van der Waals surface area contributed by atoms with Crippen molar-refractivity contribution in [3.8, 4) is 0 Å². The van der Waals surface area contributed by atoms with Gasteiger partial charge in [-0.1, -0.05) is 36.4 Å². The predicted molar refractivity (Wildman–Crippen MR) is 110 cm³/mol. The first-order valence-corrected chi connectivity index (χ1v) is 9.10. The number of hydrogen-bond donors (Lipinski definition) is 2. The highest BCUT2D eigenvalue weighted by Crippen LogP contribution is 2.17. The van der Waals surface area contributed by atoms with Gasteiger partial charge < -0.3 is 10.6 Å². The third-order valence-electron chi connectivity index (χ3n) is 4.60. The molecule has 0 aliphatic carbocycles. The standard InChI is InChI=1S/C23H23N3O2/c1-15-8-9-17(3)21(10-15)26-23(28)20-11-19(12-24-13-20)22(27)25-14-18-7-5-4-6-16(18)2/h4-13H,14H2,1-3H3,(H,25,27)(H,26,28). The first-order valence-electron chi connectivity index (χ1n) is 9.10. The van der Waals surface area contributed by atoms with E-state index in [9.17, 15) is 9.59 Å². The number of nitrogens with one attached hydrogen (secondary N) is 2. The average Bonchev–Trinajstić information content (AvgIpc) is 2.70. The van der Waals surface area contributed by atoms with E-state index in [0.29, 0.717) is 17.7 Å². The SMILES string of the molecule is Cc1ccc(C)c(NC(=O)c2cncc(C(=O)NCc3ccccc3C)c2)c1. The molecule has 1 heterocycles. The summed E-state index contributed by atoms with van der Waals surface area (Å²) in [6, 6.07) is 15.3. The Morgan fingerprint density at radius 3 is 2.32 bits per heavy atom. The van der Waals surface area contributed by atoms with Crippen LogP contribution in [0.4, 0.5) is 5.69 Å². The fraction of sp³-hybridized carbons (Fsp3) is 0.174. The zero-order valence-electron chi connectivity index (χ0n) is 16.2. The maximum absolute atomic E-state index is 12.6. The molecule has 5 heteroatoms. The molecule has 0 saturated carbocycles. The Morgan fingerprint density at radius 1 is 0.857 bits per heavy atom. The van der Waals surface area contributed by atoms with Crippen molar-refractivity contribution >= 4 is 17.5 Å². The van der Waals surface area contributed by atoms with Crippen LogP contribution in [0.15, 0.2) is 60.9 Å². The zero-order chi connectivity index (χ0) is 20.1. The van der Waals surface area contributed by atoms with Crippen molar-refractivity contribution in [1.82, 2.24) is 10.3 Å². The van der Waals surface area contributed by atoms with Gasteiger partial charge in [-0.2, -0.15) is 0 Å². The van der Waals surface area contributed by atoms with E-state index >= 15 is 0 Å². The second-order valence-corrected chi connectivity index (χ2v) is 6.84. The minimum atomic E-state index is -0.297. The number of nitrogens with zero attached hydrogens (tertiary/aromatic N) is 1. The molecule has 5 nitrogen and oxygen atoms in total. The van der Waals surface area contributed by atoms with Gasteiger partial charge in [-0.15, -0.1) is 0 Å². The van der Waals surface area contributed by atoms with Crippen molar-refractivity contribution in [1.29, 1.82) is 0 Å². The van der Waals surface area contributed by atoms with Gasteiger partial charge in [0.1, 0.15) is 0 Å². The third-order valence-corrected chi connectivity index (χ3v) is 4.60. The summed E-state index contributed by atoms with van der Waals surface area (Å²) in [4.78, 5) is 29.1. The molecule has 0 unspecified atom stereocenters. The van der Waals surface area contributed by atoms with Crippen LogP contribution in [0.3, 0.4) is 0 Å². The van der Waals surface area contributed by atoms with E-state index in [1.807, 2.05) is 63.2 Å². The zero-order valence-corrected chi connectivity index (χ0v) is 16.2. The van der Waals surface area contributed by atoms with Crippen LogP contribution >= 0.6 is 0 Å². The molecule has 3 rings (SSSR count). The summed E-state index contributed by atoms with van der Waals surface area (Å²) >= 11 is 0. The van der Waals surface area contributed by atoms with Crippen molar-refractivity contribution in [3.05, 3.63) is 94.3 Å². The minimum Gasteiger partial charge on any atom is -0.348 e. The fourth-order valence-electron chi connectivity index (χ4n) is 2.84. The minimum absolute atomic E-state index is 0.267. The van der Waals surface area contributed by atoms with E-state index < -0.39 is 0 Å². The largest absolute Gasteiger partial charge is 0.348 e. The van der Waals surface area contributed by atoms with Crippen LogP contribution < -0.4 is 10.6 Å². The number of carbonyl (C=O) groups excluding carboxylic acids is 2. The van der Waals surface area contributed by atoms with Crippen LogP contribution in [-0.2, 0) is 6.54 Å². The lowest BCUT2D eigenvalue weighted by Crippen LogP contribution is -2.24.